The molecule has 0 unspecified atom stereocenters. The van der Waals surface area contributed by atoms with Gasteiger partial charge in [0.25, 0.3) is 5.69 Å². The molecule has 0 aliphatic carbocycles. The molecule has 7 nitrogen and oxygen atoms in total. The van der Waals surface area contributed by atoms with Crippen LogP contribution in [0.3, 0.4) is 0 Å². The molecule has 20 heavy (non-hydrogen) atoms. The predicted molar refractivity (Wildman–Crippen MR) is 74.2 cm³/mol. The topological polar surface area (TPSA) is 90.2 Å². The number of nitro benzene ring substituents is 1. The molecule has 2 aromatic rings. The normalized spacial score (nSPS) is 10.2. The summed E-state index contributed by atoms with van der Waals surface area (Å²) in [6, 6.07) is 4.74. The first kappa shape index (κ1) is 13.7. The largest absolute Gasteiger partial charge is 0.438 e. The molecule has 0 atom stereocenters. The van der Waals surface area contributed by atoms with Crippen LogP contribution in [0.4, 0.5) is 11.5 Å². The Balaban J connectivity index is 2.37. The van der Waals surface area contributed by atoms with Crippen LogP contribution in [0.15, 0.2) is 24.5 Å². The van der Waals surface area contributed by atoms with Crippen LogP contribution in [0, 0.1) is 24.0 Å². The van der Waals surface area contributed by atoms with E-state index >= 15 is 0 Å². The lowest BCUT2D eigenvalue weighted by Crippen LogP contribution is -1.98. The van der Waals surface area contributed by atoms with Gasteiger partial charge in [-0.3, -0.25) is 10.1 Å². The van der Waals surface area contributed by atoms with Gasteiger partial charge in [0.1, 0.15) is 17.9 Å². The molecule has 1 N–H and O–H groups in total. The van der Waals surface area contributed by atoms with Crippen molar-refractivity contribution in [2.75, 3.05) is 12.4 Å². The number of aromatic nitrogens is 2. The Morgan fingerprint density at radius 3 is 2.60 bits per heavy atom. The SMILES string of the molecule is CNc1cc(Oc2cc([N+](=O)[O-])c(C)cc2C)ncn1. The number of hydrogen-bond acceptors (Lipinski definition) is 6. The Labute approximate surface area is 115 Å². The summed E-state index contributed by atoms with van der Waals surface area (Å²) in [7, 11) is 1.73. The number of nitro groups is 1. The lowest BCUT2D eigenvalue weighted by atomic mass is 10.1. The Kier molecular flexibility index (Phi) is 3.79. The van der Waals surface area contributed by atoms with E-state index in [2.05, 4.69) is 15.3 Å². The number of nitrogens with one attached hydrogen (secondary N) is 1. The van der Waals surface area contributed by atoms with Gasteiger partial charge in [-0.15, -0.1) is 0 Å². The van der Waals surface area contributed by atoms with E-state index in [1.54, 1.807) is 26.1 Å². The van der Waals surface area contributed by atoms with Gasteiger partial charge >= 0.3 is 0 Å². The maximum atomic E-state index is 11.0. The third-order valence-corrected chi connectivity index (χ3v) is 2.80. The van der Waals surface area contributed by atoms with Crippen molar-refractivity contribution in [2.24, 2.45) is 0 Å². The summed E-state index contributed by atoms with van der Waals surface area (Å²) in [4.78, 5) is 18.5. The van der Waals surface area contributed by atoms with Crippen LogP contribution in [0.25, 0.3) is 0 Å². The van der Waals surface area contributed by atoms with E-state index < -0.39 is 4.92 Å². The molecule has 104 valence electrons. The summed E-state index contributed by atoms with van der Waals surface area (Å²) >= 11 is 0. The third-order valence-electron chi connectivity index (χ3n) is 2.80. The molecule has 0 fully saturated rings. The van der Waals surface area contributed by atoms with Gasteiger partial charge < -0.3 is 10.1 Å². The molecule has 7 heteroatoms. The highest BCUT2D eigenvalue weighted by atomic mass is 16.6. The third kappa shape index (κ3) is 2.82. The number of benzene rings is 1. The Morgan fingerprint density at radius 1 is 1.20 bits per heavy atom. The zero-order valence-electron chi connectivity index (χ0n) is 11.4. The fourth-order valence-electron chi connectivity index (χ4n) is 1.77. The zero-order chi connectivity index (χ0) is 14.7. The first-order chi connectivity index (χ1) is 9.51. The van der Waals surface area contributed by atoms with Gasteiger partial charge in [0, 0.05) is 18.7 Å². The van der Waals surface area contributed by atoms with Crippen molar-refractivity contribution >= 4 is 11.5 Å². The quantitative estimate of drug-likeness (QED) is 0.681. The molecule has 1 aromatic heterocycles. The number of nitrogens with zero attached hydrogens (tertiary/aromatic N) is 3. The molecule has 2 rings (SSSR count). The molecule has 0 saturated heterocycles. The molecular weight excluding hydrogens is 260 g/mol. The number of hydrogen-bond donors (Lipinski definition) is 1. The number of anilines is 1. The first-order valence-electron chi connectivity index (χ1n) is 5.94. The minimum Gasteiger partial charge on any atom is -0.438 e. The molecule has 0 radical (unpaired) electrons. The van der Waals surface area contributed by atoms with Crippen molar-refractivity contribution in [1.29, 1.82) is 0 Å². The van der Waals surface area contributed by atoms with Crippen LogP contribution < -0.4 is 10.1 Å². The minimum atomic E-state index is -0.430. The van der Waals surface area contributed by atoms with Crippen LogP contribution in [0.1, 0.15) is 11.1 Å². The Hall–Kier alpha value is -2.70. The summed E-state index contributed by atoms with van der Waals surface area (Å²) in [6.45, 7) is 3.52. The number of rotatable bonds is 4. The van der Waals surface area contributed by atoms with Crippen molar-refractivity contribution in [3.05, 3.63) is 45.8 Å². The van der Waals surface area contributed by atoms with Gasteiger partial charge in [0.2, 0.25) is 5.88 Å². The summed E-state index contributed by atoms with van der Waals surface area (Å²) in [5, 5.41) is 13.8. The van der Waals surface area contributed by atoms with Gasteiger partial charge in [-0.25, -0.2) is 9.97 Å². The average molecular weight is 274 g/mol. The van der Waals surface area contributed by atoms with Gasteiger partial charge in [-0.1, -0.05) is 0 Å². The van der Waals surface area contributed by atoms with Crippen LogP contribution in [0.5, 0.6) is 11.6 Å². The highest BCUT2D eigenvalue weighted by molar-refractivity contribution is 5.51. The van der Waals surface area contributed by atoms with Gasteiger partial charge in [0.05, 0.1) is 11.0 Å². The number of aryl methyl sites for hydroxylation is 2. The van der Waals surface area contributed by atoms with E-state index in [9.17, 15) is 10.1 Å². The molecule has 0 bridgehead atoms. The summed E-state index contributed by atoms with van der Waals surface area (Å²) in [5.41, 5.74) is 1.42. The molecule has 0 amide bonds. The highest BCUT2D eigenvalue weighted by Gasteiger charge is 2.15. The molecule has 1 heterocycles. The second-order valence-corrected chi connectivity index (χ2v) is 4.25. The van der Waals surface area contributed by atoms with Crippen LogP contribution in [-0.4, -0.2) is 21.9 Å². The van der Waals surface area contributed by atoms with Crippen molar-refractivity contribution < 1.29 is 9.66 Å². The van der Waals surface area contributed by atoms with Gasteiger partial charge in [-0.2, -0.15) is 0 Å². The standard InChI is InChI=1S/C13H14N4O3/c1-8-4-9(2)11(5-10(8)17(18)19)20-13-6-12(14-3)15-7-16-13/h4-7H,1-3H3,(H,14,15,16). The van der Waals surface area contributed by atoms with Crippen molar-refractivity contribution in [3.8, 4) is 11.6 Å². The monoisotopic (exact) mass is 274 g/mol. The molecule has 0 saturated carbocycles. The van der Waals surface area contributed by atoms with Crippen LogP contribution >= 0.6 is 0 Å². The summed E-state index contributed by atoms with van der Waals surface area (Å²) < 4.78 is 5.60. The van der Waals surface area contributed by atoms with Crippen LogP contribution in [0.2, 0.25) is 0 Å². The van der Waals surface area contributed by atoms with Gasteiger partial charge in [0.15, 0.2) is 0 Å². The maximum absolute atomic E-state index is 11.0. The van der Waals surface area contributed by atoms with E-state index in [1.807, 2.05) is 6.92 Å². The second kappa shape index (κ2) is 5.52. The zero-order valence-corrected chi connectivity index (χ0v) is 11.4. The molecular formula is C13H14N4O3. The van der Waals surface area contributed by atoms with Crippen LogP contribution in [-0.2, 0) is 0 Å². The predicted octanol–water partition coefficient (Wildman–Crippen LogP) is 2.84. The lowest BCUT2D eigenvalue weighted by molar-refractivity contribution is -0.385. The Morgan fingerprint density at radius 2 is 1.95 bits per heavy atom. The highest BCUT2D eigenvalue weighted by Crippen LogP contribution is 2.31. The Bertz CT molecular complexity index is 658. The summed E-state index contributed by atoms with van der Waals surface area (Å²) in [5.74, 6) is 1.34. The summed E-state index contributed by atoms with van der Waals surface area (Å²) in [6.07, 6.45) is 1.36. The van der Waals surface area contributed by atoms with Crippen molar-refractivity contribution in [3.63, 3.8) is 0 Å². The van der Waals surface area contributed by atoms with Gasteiger partial charge in [-0.05, 0) is 25.5 Å². The molecule has 0 spiro atoms. The van der Waals surface area contributed by atoms with E-state index in [0.717, 1.165) is 5.56 Å². The molecule has 0 aliphatic heterocycles. The maximum Gasteiger partial charge on any atom is 0.276 e. The van der Waals surface area contributed by atoms with E-state index in [-0.39, 0.29) is 5.69 Å². The smallest absolute Gasteiger partial charge is 0.276 e. The molecule has 1 aromatic carbocycles. The second-order valence-electron chi connectivity index (χ2n) is 4.25. The van der Waals surface area contributed by atoms with Crippen molar-refractivity contribution in [2.45, 2.75) is 13.8 Å². The lowest BCUT2D eigenvalue weighted by Gasteiger charge is -2.09. The van der Waals surface area contributed by atoms with E-state index in [4.69, 9.17) is 4.74 Å². The minimum absolute atomic E-state index is 0.0218. The van der Waals surface area contributed by atoms with E-state index in [1.165, 1.54) is 12.4 Å². The fraction of sp³-hybridized carbons (Fsp3) is 0.231. The number of ether oxygens (including phenoxy) is 1. The molecule has 0 aliphatic rings. The first-order valence-corrected chi connectivity index (χ1v) is 5.94. The van der Waals surface area contributed by atoms with E-state index in [0.29, 0.717) is 23.0 Å². The fourth-order valence-corrected chi connectivity index (χ4v) is 1.77. The van der Waals surface area contributed by atoms with Crippen molar-refractivity contribution in [1.82, 2.24) is 9.97 Å². The average Bonchev–Trinajstić information content (AvgIpc) is 2.41.